The third-order valence-corrected chi connectivity index (χ3v) is 4.72. The summed E-state index contributed by atoms with van der Waals surface area (Å²) in [6.07, 6.45) is 0.424. The van der Waals surface area contributed by atoms with E-state index in [4.69, 9.17) is 9.47 Å². The molecule has 4 nitrogen and oxygen atoms in total. The molecule has 0 radical (unpaired) electrons. The summed E-state index contributed by atoms with van der Waals surface area (Å²) in [5.74, 6) is 0.910. The highest BCUT2D eigenvalue weighted by Crippen LogP contribution is 2.30. The second-order valence-electron chi connectivity index (χ2n) is 7.02. The summed E-state index contributed by atoms with van der Waals surface area (Å²) in [6, 6.07) is 18.1. The Morgan fingerprint density at radius 1 is 1.12 bits per heavy atom. The molecule has 3 rings (SSSR count). The van der Waals surface area contributed by atoms with E-state index in [1.54, 1.807) is 7.11 Å². The number of carbonyl (C=O) groups excluding carboxylic acids is 1. The van der Waals surface area contributed by atoms with Crippen molar-refractivity contribution in [2.24, 2.45) is 5.41 Å². The van der Waals surface area contributed by atoms with Crippen molar-refractivity contribution in [2.75, 3.05) is 26.9 Å². The lowest BCUT2D eigenvalue weighted by atomic mass is 9.87. The van der Waals surface area contributed by atoms with Crippen molar-refractivity contribution >= 4 is 5.91 Å². The SMILES string of the molecule is COc1ccc([C@H](CC(=O)NCC2(C)COC2)c2ccccc2)cc1. The number of benzene rings is 2. The van der Waals surface area contributed by atoms with E-state index in [0.717, 1.165) is 16.9 Å². The summed E-state index contributed by atoms with van der Waals surface area (Å²) < 4.78 is 10.5. The molecular weight excluding hydrogens is 314 g/mol. The second kappa shape index (κ2) is 7.70. The molecule has 0 aromatic heterocycles. The van der Waals surface area contributed by atoms with Crippen LogP contribution in [0.15, 0.2) is 54.6 Å². The summed E-state index contributed by atoms with van der Waals surface area (Å²) >= 11 is 0. The molecule has 0 bridgehead atoms. The van der Waals surface area contributed by atoms with Gasteiger partial charge in [0.15, 0.2) is 0 Å². The van der Waals surface area contributed by atoms with Crippen LogP contribution in [-0.4, -0.2) is 32.8 Å². The van der Waals surface area contributed by atoms with Crippen molar-refractivity contribution < 1.29 is 14.3 Å². The minimum Gasteiger partial charge on any atom is -0.497 e. The number of ether oxygens (including phenoxy) is 2. The second-order valence-corrected chi connectivity index (χ2v) is 7.02. The Balaban J connectivity index is 1.73. The molecule has 1 saturated heterocycles. The van der Waals surface area contributed by atoms with Crippen LogP contribution >= 0.6 is 0 Å². The van der Waals surface area contributed by atoms with Gasteiger partial charge in [0.1, 0.15) is 5.75 Å². The molecule has 0 unspecified atom stereocenters. The van der Waals surface area contributed by atoms with Crippen LogP contribution in [0.1, 0.15) is 30.4 Å². The number of hydrogen-bond acceptors (Lipinski definition) is 3. The van der Waals surface area contributed by atoms with Crippen molar-refractivity contribution in [2.45, 2.75) is 19.3 Å². The molecule has 1 fully saturated rings. The molecule has 132 valence electrons. The molecule has 1 amide bonds. The smallest absolute Gasteiger partial charge is 0.220 e. The van der Waals surface area contributed by atoms with E-state index in [1.807, 2.05) is 42.5 Å². The van der Waals surface area contributed by atoms with Crippen molar-refractivity contribution in [1.29, 1.82) is 0 Å². The zero-order chi connectivity index (χ0) is 17.7. The minimum atomic E-state index is 0.0255. The molecule has 0 spiro atoms. The van der Waals surface area contributed by atoms with Crippen LogP contribution in [0.5, 0.6) is 5.75 Å². The fraction of sp³-hybridized carbons (Fsp3) is 0.381. The first-order valence-corrected chi connectivity index (χ1v) is 8.63. The van der Waals surface area contributed by atoms with Crippen LogP contribution in [-0.2, 0) is 9.53 Å². The van der Waals surface area contributed by atoms with Gasteiger partial charge in [-0.05, 0) is 23.3 Å². The summed E-state index contributed by atoms with van der Waals surface area (Å²) in [5, 5.41) is 3.07. The van der Waals surface area contributed by atoms with Crippen molar-refractivity contribution in [3.8, 4) is 5.75 Å². The molecule has 25 heavy (non-hydrogen) atoms. The zero-order valence-corrected chi connectivity index (χ0v) is 14.8. The predicted molar refractivity (Wildman–Crippen MR) is 97.8 cm³/mol. The summed E-state index contributed by atoms with van der Waals surface area (Å²) in [7, 11) is 1.65. The van der Waals surface area contributed by atoms with Gasteiger partial charge >= 0.3 is 0 Å². The highest BCUT2D eigenvalue weighted by atomic mass is 16.5. The van der Waals surface area contributed by atoms with Gasteiger partial charge in [-0.15, -0.1) is 0 Å². The Morgan fingerprint density at radius 3 is 2.32 bits per heavy atom. The maximum absolute atomic E-state index is 12.5. The fourth-order valence-corrected chi connectivity index (χ4v) is 3.07. The molecule has 2 aromatic carbocycles. The van der Waals surface area contributed by atoms with E-state index < -0.39 is 0 Å². The van der Waals surface area contributed by atoms with Crippen molar-refractivity contribution in [3.63, 3.8) is 0 Å². The lowest BCUT2D eigenvalue weighted by Gasteiger charge is -2.38. The van der Waals surface area contributed by atoms with E-state index >= 15 is 0 Å². The van der Waals surface area contributed by atoms with Gasteiger partial charge in [-0.1, -0.05) is 49.4 Å². The van der Waals surface area contributed by atoms with Crippen LogP contribution in [0.3, 0.4) is 0 Å². The Bertz CT molecular complexity index is 693. The van der Waals surface area contributed by atoms with E-state index in [0.29, 0.717) is 26.2 Å². The van der Waals surface area contributed by atoms with E-state index in [2.05, 4.69) is 24.4 Å². The number of amides is 1. The molecule has 1 aliphatic rings. The molecular formula is C21H25NO3. The third-order valence-electron chi connectivity index (χ3n) is 4.72. The molecule has 1 atom stereocenters. The maximum Gasteiger partial charge on any atom is 0.220 e. The Kier molecular flexibility index (Phi) is 5.39. The monoisotopic (exact) mass is 339 g/mol. The van der Waals surface area contributed by atoms with Crippen LogP contribution in [0.2, 0.25) is 0 Å². The highest BCUT2D eigenvalue weighted by molar-refractivity contribution is 5.77. The number of hydrogen-bond donors (Lipinski definition) is 1. The fourth-order valence-electron chi connectivity index (χ4n) is 3.07. The van der Waals surface area contributed by atoms with Crippen LogP contribution in [0, 0.1) is 5.41 Å². The normalized spacial score (nSPS) is 16.6. The van der Waals surface area contributed by atoms with Gasteiger partial charge in [0.2, 0.25) is 5.91 Å². The largest absolute Gasteiger partial charge is 0.497 e. The zero-order valence-electron chi connectivity index (χ0n) is 14.8. The Hall–Kier alpha value is -2.33. The lowest BCUT2D eigenvalue weighted by molar-refractivity contribution is -0.127. The molecule has 0 saturated carbocycles. The van der Waals surface area contributed by atoms with Gasteiger partial charge in [0.05, 0.1) is 20.3 Å². The van der Waals surface area contributed by atoms with Gasteiger partial charge in [0.25, 0.3) is 0 Å². The number of carbonyl (C=O) groups is 1. The predicted octanol–water partition coefficient (Wildman–Crippen LogP) is 3.37. The van der Waals surface area contributed by atoms with Crippen LogP contribution < -0.4 is 10.1 Å². The molecule has 1 aliphatic heterocycles. The third kappa shape index (κ3) is 4.40. The first kappa shape index (κ1) is 17.5. The first-order chi connectivity index (χ1) is 12.1. The summed E-state index contributed by atoms with van der Waals surface area (Å²) in [5.41, 5.74) is 2.33. The van der Waals surface area contributed by atoms with Crippen LogP contribution in [0.25, 0.3) is 0 Å². The Morgan fingerprint density at radius 2 is 1.76 bits per heavy atom. The average molecular weight is 339 g/mol. The number of rotatable bonds is 7. The van der Waals surface area contributed by atoms with Crippen molar-refractivity contribution in [1.82, 2.24) is 5.32 Å². The highest BCUT2D eigenvalue weighted by Gasteiger charge is 2.33. The topological polar surface area (TPSA) is 47.6 Å². The quantitative estimate of drug-likeness (QED) is 0.841. The number of nitrogens with one attached hydrogen (secondary N) is 1. The molecule has 1 heterocycles. The standard InChI is InChI=1S/C21H25NO3/c1-21(14-25-15-21)13-22-20(23)12-19(16-6-4-3-5-7-16)17-8-10-18(24-2)11-9-17/h3-11,19H,12-15H2,1-2H3,(H,22,23)/t19-/m1/s1. The maximum atomic E-state index is 12.5. The van der Waals surface area contributed by atoms with E-state index in [9.17, 15) is 4.79 Å². The van der Waals surface area contributed by atoms with E-state index in [1.165, 1.54) is 0 Å². The first-order valence-electron chi connectivity index (χ1n) is 8.63. The Labute approximate surface area is 149 Å². The van der Waals surface area contributed by atoms with Gasteiger partial charge in [-0.2, -0.15) is 0 Å². The minimum absolute atomic E-state index is 0.0255. The van der Waals surface area contributed by atoms with Gasteiger partial charge in [0, 0.05) is 24.3 Å². The molecule has 2 aromatic rings. The number of methoxy groups -OCH3 is 1. The van der Waals surface area contributed by atoms with Gasteiger partial charge in [-0.3, -0.25) is 4.79 Å². The van der Waals surface area contributed by atoms with Crippen molar-refractivity contribution in [3.05, 3.63) is 65.7 Å². The summed E-state index contributed by atoms with van der Waals surface area (Å²) in [6.45, 7) is 4.23. The average Bonchev–Trinajstić information content (AvgIpc) is 2.64. The molecule has 1 N–H and O–H groups in total. The lowest BCUT2D eigenvalue weighted by Crippen LogP contribution is -2.48. The van der Waals surface area contributed by atoms with Gasteiger partial charge in [-0.25, -0.2) is 0 Å². The molecule has 0 aliphatic carbocycles. The van der Waals surface area contributed by atoms with Gasteiger partial charge < -0.3 is 14.8 Å². The van der Waals surface area contributed by atoms with Crippen LogP contribution in [0.4, 0.5) is 0 Å². The molecule has 4 heteroatoms. The summed E-state index contributed by atoms with van der Waals surface area (Å²) in [4.78, 5) is 12.5. The van der Waals surface area contributed by atoms with E-state index in [-0.39, 0.29) is 17.2 Å².